The van der Waals surface area contributed by atoms with Gasteiger partial charge in [-0.15, -0.1) is 0 Å². The van der Waals surface area contributed by atoms with E-state index in [0.29, 0.717) is 0 Å². The average Bonchev–Trinajstić information content (AvgIpc) is 3.11. The lowest BCUT2D eigenvalue weighted by Crippen LogP contribution is -2.31. The molecule has 0 aliphatic heterocycles. The molecule has 3 heteroatoms. The maximum Gasteiger partial charge on any atom is 0.245 e. The lowest BCUT2D eigenvalue weighted by molar-refractivity contribution is -0.697. The van der Waals surface area contributed by atoms with Gasteiger partial charge in [0.1, 0.15) is 12.4 Å². The van der Waals surface area contributed by atoms with Gasteiger partial charge < -0.3 is 5.11 Å². The molecular formula is C23H45N2O+. The lowest BCUT2D eigenvalue weighted by Gasteiger charge is -2.04. The highest BCUT2D eigenvalue weighted by Gasteiger charge is 2.11. The minimum Gasteiger partial charge on any atom is -0.355 e. The number of aryl methyl sites for hydroxylation is 1. The zero-order chi connectivity index (χ0) is 18.9. The summed E-state index contributed by atoms with van der Waals surface area (Å²) in [7, 11) is 0. The first-order valence-corrected chi connectivity index (χ1v) is 11.5. The largest absolute Gasteiger partial charge is 0.355 e. The van der Waals surface area contributed by atoms with Crippen molar-refractivity contribution < 1.29 is 9.67 Å². The molecule has 0 aliphatic carbocycles. The van der Waals surface area contributed by atoms with E-state index in [-0.39, 0.29) is 6.23 Å². The van der Waals surface area contributed by atoms with Gasteiger partial charge >= 0.3 is 0 Å². The third-order valence-electron chi connectivity index (χ3n) is 5.37. The van der Waals surface area contributed by atoms with Crippen molar-refractivity contribution in [2.24, 2.45) is 0 Å². The van der Waals surface area contributed by atoms with Crippen LogP contribution in [-0.4, -0.2) is 9.67 Å². The van der Waals surface area contributed by atoms with Crippen molar-refractivity contribution in [3.63, 3.8) is 0 Å². The fourth-order valence-electron chi connectivity index (χ4n) is 3.62. The number of imidazole rings is 1. The number of nitrogens with zero attached hydrogens (tertiary/aromatic N) is 2. The van der Waals surface area contributed by atoms with E-state index >= 15 is 0 Å². The van der Waals surface area contributed by atoms with Crippen LogP contribution in [0.5, 0.6) is 0 Å². The molecule has 26 heavy (non-hydrogen) atoms. The summed E-state index contributed by atoms with van der Waals surface area (Å²) in [5.41, 5.74) is 0. The van der Waals surface area contributed by atoms with Gasteiger partial charge in [0.05, 0.1) is 6.54 Å². The van der Waals surface area contributed by atoms with Gasteiger partial charge in [-0.05, 0) is 19.3 Å². The molecule has 0 saturated carbocycles. The van der Waals surface area contributed by atoms with Crippen LogP contribution < -0.4 is 4.57 Å². The van der Waals surface area contributed by atoms with Crippen molar-refractivity contribution >= 4 is 0 Å². The van der Waals surface area contributed by atoms with E-state index in [0.717, 1.165) is 19.4 Å². The molecule has 1 rings (SSSR count). The molecule has 0 saturated heterocycles. The van der Waals surface area contributed by atoms with Crippen LogP contribution in [0.15, 0.2) is 18.7 Å². The monoisotopic (exact) mass is 365 g/mol. The molecule has 1 atom stereocenters. The molecule has 1 aromatic heterocycles. The van der Waals surface area contributed by atoms with Crippen LogP contribution in [0.4, 0.5) is 0 Å². The van der Waals surface area contributed by atoms with Crippen molar-refractivity contribution in [2.45, 2.75) is 129 Å². The standard InChI is InChI=1S/C23H45N2O/c1-3-5-6-7-8-9-10-11-12-13-14-15-16-17-19-24-20-21-25(22-24)23(26)18-4-2/h20-23,26H,3-19H2,1-2H3/q+1. The molecule has 1 heterocycles. The maximum absolute atomic E-state index is 9.98. The molecule has 0 spiro atoms. The van der Waals surface area contributed by atoms with E-state index in [2.05, 4.69) is 24.6 Å². The average molecular weight is 366 g/mol. The SMILES string of the molecule is CCCCCCCCCCCCCCCC[n+]1ccn(C(O)CCC)c1. The maximum atomic E-state index is 9.98. The van der Waals surface area contributed by atoms with E-state index in [4.69, 9.17) is 0 Å². The summed E-state index contributed by atoms with van der Waals surface area (Å²) >= 11 is 0. The topological polar surface area (TPSA) is 29.0 Å². The van der Waals surface area contributed by atoms with Gasteiger partial charge in [0.2, 0.25) is 6.33 Å². The predicted molar refractivity (Wildman–Crippen MR) is 111 cm³/mol. The first kappa shape index (κ1) is 23.2. The molecule has 1 unspecified atom stereocenters. The summed E-state index contributed by atoms with van der Waals surface area (Å²) in [4.78, 5) is 0. The van der Waals surface area contributed by atoms with Crippen LogP contribution in [0.3, 0.4) is 0 Å². The number of hydrogen-bond acceptors (Lipinski definition) is 1. The third-order valence-corrected chi connectivity index (χ3v) is 5.37. The molecular weight excluding hydrogens is 320 g/mol. The Morgan fingerprint density at radius 2 is 1.23 bits per heavy atom. The molecule has 0 aromatic carbocycles. The fraction of sp³-hybridized carbons (Fsp3) is 0.870. The van der Waals surface area contributed by atoms with Gasteiger partial charge in [-0.1, -0.05) is 90.9 Å². The van der Waals surface area contributed by atoms with Crippen LogP contribution in [0, 0.1) is 0 Å². The highest BCUT2D eigenvalue weighted by Crippen LogP contribution is 2.13. The second-order valence-electron chi connectivity index (χ2n) is 7.96. The smallest absolute Gasteiger partial charge is 0.245 e. The second-order valence-corrected chi connectivity index (χ2v) is 7.96. The Kier molecular flexibility index (Phi) is 14.6. The molecule has 0 radical (unpaired) electrons. The molecule has 0 amide bonds. The van der Waals surface area contributed by atoms with Crippen molar-refractivity contribution in [3.05, 3.63) is 18.7 Å². The molecule has 0 bridgehead atoms. The predicted octanol–water partition coefficient (Wildman–Crippen LogP) is 6.55. The minimum absolute atomic E-state index is 0.363. The highest BCUT2D eigenvalue weighted by atomic mass is 16.3. The Bertz CT molecular complexity index is 416. The number of hydrogen-bond donors (Lipinski definition) is 1. The summed E-state index contributed by atoms with van der Waals surface area (Å²) in [6.07, 6.45) is 27.3. The van der Waals surface area contributed by atoms with Gasteiger partial charge in [-0.2, -0.15) is 0 Å². The Morgan fingerprint density at radius 1 is 0.731 bits per heavy atom. The lowest BCUT2D eigenvalue weighted by atomic mass is 10.0. The number of aliphatic hydroxyl groups is 1. The van der Waals surface area contributed by atoms with Crippen molar-refractivity contribution in [2.75, 3.05) is 0 Å². The number of unbranched alkanes of at least 4 members (excludes halogenated alkanes) is 13. The van der Waals surface area contributed by atoms with E-state index < -0.39 is 0 Å². The number of aromatic nitrogens is 2. The normalized spacial score (nSPS) is 12.6. The minimum atomic E-state index is -0.363. The first-order chi connectivity index (χ1) is 12.8. The first-order valence-electron chi connectivity index (χ1n) is 11.5. The van der Waals surface area contributed by atoms with E-state index in [1.165, 1.54) is 89.9 Å². The Hall–Kier alpha value is -0.830. The van der Waals surface area contributed by atoms with E-state index in [1.54, 1.807) is 0 Å². The molecule has 1 aromatic rings. The van der Waals surface area contributed by atoms with Gasteiger partial charge in [-0.3, -0.25) is 0 Å². The summed E-state index contributed by atoms with van der Waals surface area (Å²) in [5, 5.41) is 9.98. The summed E-state index contributed by atoms with van der Waals surface area (Å²) < 4.78 is 4.13. The zero-order valence-corrected chi connectivity index (χ0v) is 17.7. The van der Waals surface area contributed by atoms with Crippen molar-refractivity contribution in [1.82, 2.24) is 4.57 Å². The Morgan fingerprint density at radius 3 is 1.73 bits per heavy atom. The van der Waals surface area contributed by atoms with Crippen LogP contribution in [0.1, 0.15) is 123 Å². The van der Waals surface area contributed by atoms with Crippen molar-refractivity contribution in [3.8, 4) is 0 Å². The summed E-state index contributed by atoms with van der Waals surface area (Å²) in [6.45, 7) is 5.47. The summed E-state index contributed by atoms with van der Waals surface area (Å²) in [6, 6.07) is 0. The fourth-order valence-corrected chi connectivity index (χ4v) is 3.62. The van der Waals surface area contributed by atoms with E-state index in [9.17, 15) is 5.11 Å². The molecule has 1 N–H and O–H groups in total. The van der Waals surface area contributed by atoms with Gasteiger partial charge in [0, 0.05) is 6.42 Å². The highest BCUT2D eigenvalue weighted by molar-refractivity contribution is 4.69. The quantitative estimate of drug-likeness (QED) is 0.232. The second kappa shape index (κ2) is 16.4. The van der Waals surface area contributed by atoms with Gasteiger partial charge in [0.15, 0.2) is 6.23 Å². The zero-order valence-electron chi connectivity index (χ0n) is 17.7. The van der Waals surface area contributed by atoms with E-state index in [1.807, 2.05) is 17.1 Å². The number of aliphatic hydroxyl groups excluding tert-OH is 1. The van der Waals surface area contributed by atoms with Gasteiger partial charge in [0.25, 0.3) is 0 Å². The van der Waals surface area contributed by atoms with Gasteiger partial charge in [-0.25, -0.2) is 9.13 Å². The van der Waals surface area contributed by atoms with Crippen molar-refractivity contribution in [1.29, 1.82) is 0 Å². The molecule has 0 fully saturated rings. The van der Waals surface area contributed by atoms with Crippen LogP contribution in [0.2, 0.25) is 0 Å². The molecule has 3 nitrogen and oxygen atoms in total. The van der Waals surface area contributed by atoms with Crippen LogP contribution in [0.25, 0.3) is 0 Å². The molecule has 0 aliphatic rings. The number of rotatable bonds is 18. The third kappa shape index (κ3) is 11.7. The molecule has 152 valence electrons. The Balaban J connectivity index is 1.86. The summed E-state index contributed by atoms with van der Waals surface area (Å²) in [5.74, 6) is 0. The Labute approximate surface area is 162 Å². The van der Waals surface area contributed by atoms with Crippen LogP contribution in [-0.2, 0) is 6.54 Å². The van der Waals surface area contributed by atoms with Crippen LogP contribution >= 0.6 is 0 Å².